The van der Waals surface area contributed by atoms with E-state index in [1.165, 1.54) is 6.42 Å². The Kier molecular flexibility index (Phi) is 4.88. The van der Waals surface area contributed by atoms with Crippen LogP contribution in [0, 0.1) is 5.92 Å². The fraction of sp³-hybridized carbons (Fsp3) is 0.353. The molecule has 5 nitrogen and oxygen atoms in total. The number of pyridine rings is 1. The van der Waals surface area contributed by atoms with Crippen LogP contribution in [0.4, 0.5) is 0 Å². The minimum Gasteiger partial charge on any atom is -0.339 e. The summed E-state index contributed by atoms with van der Waals surface area (Å²) in [5, 5.41) is 9.69. The molecule has 23 heavy (non-hydrogen) atoms. The zero-order valence-corrected chi connectivity index (χ0v) is 13.6. The number of aromatic nitrogens is 3. The smallest absolute Gasteiger partial charge is 0.227 e. The fourth-order valence-corrected chi connectivity index (χ4v) is 3.04. The Bertz CT molecular complexity index is 778. The van der Waals surface area contributed by atoms with E-state index in [1.54, 1.807) is 6.20 Å². The van der Waals surface area contributed by atoms with E-state index in [4.69, 9.17) is 4.52 Å². The van der Waals surface area contributed by atoms with Gasteiger partial charge in [0.15, 0.2) is 0 Å². The van der Waals surface area contributed by atoms with Gasteiger partial charge in [-0.05, 0) is 43.3 Å². The zero-order valence-electron chi connectivity index (χ0n) is 12.7. The molecule has 1 aliphatic rings. The molecule has 0 bridgehead atoms. The molecule has 1 N–H and O–H groups in total. The van der Waals surface area contributed by atoms with E-state index >= 15 is 0 Å². The van der Waals surface area contributed by atoms with Gasteiger partial charge in [0.25, 0.3) is 0 Å². The number of nitrogens with zero attached hydrogens (tertiary/aromatic N) is 3. The van der Waals surface area contributed by atoms with Crippen molar-refractivity contribution in [3.05, 3.63) is 42.4 Å². The number of fused-ring (bicyclic) bond motifs is 1. The van der Waals surface area contributed by atoms with Crippen molar-refractivity contribution in [2.75, 3.05) is 13.1 Å². The molecule has 2 aromatic heterocycles. The van der Waals surface area contributed by atoms with Gasteiger partial charge in [0, 0.05) is 18.0 Å². The lowest BCUT2D eigenvalue weighted by Crippen LogP contribution is -2.09. The van der Waals surface area contributed by atoms with Gasteiger partial charge in [-0.25, -0.2) is 0 Å². The molecule has 6 heteroatoms. The molecule has 120 valence electrons. The number of halogens is 1. The molecule has 1 aromatic carbocycles. The second-order valence-electron chi connectivity index (χ2n) is 5.79. The highest BCUT2D eigenvalue weighted by Gasteiger charge is 2.17. The van der Waals surface area contributed by atoms with Crippen LogP contribution in [-0.4, -0.2) is 28.2 Å². The lowest BCUT2D eigenvalue weighted by Gasteiger charge is -2.04. The zero-order chi connectivity index (χ0) is 14.8. The van der Waals surface area contributed by atoms with Gasteiger partial charge in [0.1, 0.15) is 5.69 Å². The Morgan fingerprint density at radius 1 is 1.22 bits per heavy atom. The second kappa shape index (κ2) is 7.06. The van der Waals surface area contributed by atoms with E-state index in [-0.39, 0.29) is 12.4 Å². The van der Waals surface area contributed by atoms with Crippen LogP contribution >= 0.6 is 12.4 Å². The van der Waals surface area contributed by atoms with E-state index < -0.39 is 0 Å². The number of rotatable bonds is 4. The van der Waals surface area contributed by atoms with Crippen LogP contribution < -0.4 is 5.32 Å². The predicted octanol–water partition coefficient (Wildman–Crippen LogP) is 3.25. The first-order valence-electron chi connectivity index (χ1n) is 7.77. The predicted molar refractivity (Wildman–Crippen MR) is 91.6 cm³/mol. The first kappa shape index (κ1) is 15.9. The van der Waals surface area contributed by atoms with Crippen LogP contribution in [0.15, 0.2) is 41.1 Å². The van der Waals surface area contributed by atoms with Gasteiger partial charge < -0.3 is 9.84 Å². The SMILES string of the molecule is Cl.c1ccc2c(-c3noc(CCC4CCNC4)n3)nccc2c1. The van der Waals surface area contributed by atoms with Crippen molar-refractivity contribution in [2.24, 2.45) is 5.92 Å². The van der Waals surface area contributed by atoms with Gasteiger partial charge in [0.2, 0.25) is 11.7 Å². The Hall–Kier alpha value is -1.98. The maximum atomic E-state index is 5.41. The monoisotopic (exact) mass is 330 g/mol. The van der Waals surface area contributed by atoms with Crippen molar-refractivity contribution in [3.63, 3.8) is 0 Å². The van der Waals surface area contributed by atoms with E-state index in [0.29, 0.717) is 11.7 Å². The minimum absolute atomic E-state index is 0. The molecule has 0 saturated carbocycles. The Morgan fingerprint density at radius 3 is 3.00 bits per heavy atom. The summed E-state index contributed by atoms with van der Waals surface area (Å²) in [6, 6.07) is 10.1. The van der Waals surface area contributed by atoms with Crippen molar-refractivity contribution >= 4 is 23.2 Å². The molecule has 1 aliphatic heterocycles. The number of aryl methyl sites for hydroxylation is 1. The van der Waals surface area contributed by atoms with Crippen LogP contribution in [0.5, 0.6) is 0 Å². The molecule has 1 atom stereocenters. The summed E-state index contributed by atoms with van der Waals surface area (Å²) < 4.78 is 5.41. The Morgan fingerprint density at radius 2 is 2.13 bits per heavy atom. The molecule has 4 rings (SSSR count). The fourth-order valence-electron chi connectivity index (χ4n) is 3.04. The van der Waals surface area contributed by atoms with Crippen LogP contribution in [-0.2, 0) is 6.42 Å². The van der Waals surface area contributed by atoms with Crippen LogP contribution in [0.2, 0.25) is 0 Å². The molecule has 0 spiro atoms. The highest BCUT2D eigenvalue weighted by Crippen LogP contribution is 2.24. The lowest BCUT2D eigenvalue weighted by atomic mass is 10.0. The lowest BCUT2D eigenvalue weighted by molar-refractivity contribution is 0.365. The highest BCUT2D eigenvalue weighted by atomic mass is 35.5. The minimum atomic E-state index is 0. The molecular weight excluding hydrogens is 312 g/mol. The summed E-state index contributed by atoms with van der Waals surface area (Å²) >= 11 is 0. The topological polar surface area (TPSA) is 63.8 Å². The summed E-state index contributed by atoms with van der Waals surface area (Å²) in [6.45, 7) is 2.23. The summed E-state index contributed by atoms with van der Waals surface area (Å²) in [6.07, 6.45) is 4.96. The van der Waals surface area contributed by atoms with E-state index in [9.17, 15) is 0 Å². The van der Waals surface area contributed by atoms with Crippen molar-refractivity contribution < 1.29 is 4.52 Å². The number of benzene rings is 1. The summed E-state index contributed by atoms with van der Waals surface area (Å²) in [4.78, 5) is 8.96. The molecule has 1 fully saturated rings. The number of hydrogen-bond acceptors (Lipinski definition) is 5. The third-order valence-electron chi connectivity index (χ3n) is 4.28. The van der Waals surface area contributed by atoms with E-state index in [2.05, 4.69) is 26.5 Å². The summed E-state index contributed by atoms with van der Waals surface area (Å²) in [5.74, 6) is 2.01. The maximum absolute atomic E-state index is 5.41. The molecule has 1 saturated heterocycles. The van der Waals surface area contributed by atoms with Crippen LogP contribution in [0.3, 0.4) is 0 Å². The molecule has 0 amide bonds. The van der Waals surface area contributed by atoms with Crippen molar-refractivity contribution in [1.82, 2.24) is 20.4 Å². The van der Waals surface area contributed by atoms with Gasteiger partial charge in [-0.15, -0.1) is 12.4 Å². The largest absolute Gasteiger partial charge is 0.339 e. The molecule has 1 unspecified atom stereocenters. The first-order valence-corrected chi connectivity index (χ1v) is 7.77. The Balaban J connectivity index is 0.00000156. The van der Waals surface area contributed by atoms with E-state index in [1.807, 2.05) is 24.3 Å². The standard InChI is InChI=1S/C17H18N4O.ClH/c1-2-4-14-13(3-1)8-10-19-16(14)17-20-15(22-21-17)6-5-12-7-9-18-11-12;/h1-4,8,10,12,18H,5-7,9,11H2;1H. The van der Waals surface area contributed by atoms with Gasteiger partial charge >= 0.3 is 0 Å². The third kappa shape index (κ3) is 3.35. The first-order chi connectivity index (χ1) is 10.9. The van der Waals surface area contributed by atoms with Crippen molar-refractivity contribution in [2.45, 2.75) is 19.3 Å². The van der Waals surface area contributed by atoms with Gasteiger partial charge in [-0.2, -0.15) is 4.98 Å². The summed E-state index contributed by atoms with van der Waals surface area (Å²) in [7, 11) is 0. The van der Waals surface area contributed by atoms with Crippen molar-refractivity contribution in [3.8, 4) is 11.5 Å². The average Bonchev–Trinajstić information content (AvgIpc) is 3.24. The molecule has 3 aromatic rings. The van der Waals surface area contributed by atoms with Crippen molar-refractivity contribution in [1.29, 1.82) is 0 Å². The molecule has 0 radical (unpaired) electrons. The highest BCUT2D eigenvalue weighted by molar-refractivity contribution is 5.92. The normalized spacial score (nSPS) is 17.3. The number of nitrogens with one attached hydrogen (secondary N) is 1. The third-order valence-corrected chi connectivity index (χ3v) is 4.28. The van der Waals surface area contributed by atoms with Crippen LogP contribution in [0.1, 0.15) is 18.7 Å². The summed E-state index contributed by atoms with van der Waals surface area (Å²) in [5.41, 5.74) is 0.788. The number of hydrogen-bond donors (Lipinski definition) is 1. The molecule has 3 heterocycles. The maximum Gasteiger partial charge on any atom is 0.227 e. The van der Waals surface area contributed by atoms with Crippen LogP contribution in [0.25, 0.3) is 22.3 Å². The average molecular weight is 331 g/mol. The molecular formula is C17H19ClN4O. The molecule has 0 aliphatic carbocycles. The Labute approximate surface area is 140 Å². The second-order valence-corrected chi connectivity index (χ2v) is 5.79. The van der Waals surface area contributed by atoms with Gasteiger partial charge in [0.05, 0.1) is 0 Å². The van der Waals surface area contributed by atoms with Gasteiger partial charge in [-0.1, -0.05) is 29.4 Å². The van der Waals surface area contributed by atoms with E-state index in [0.717, 1.165) is 48.3 Å². The van der Waals surface area contributed by atoms with Gasteiger partial charge in [-0.3, -0.25) is 4.98 Å². The quantitative estimate of drug-likeness (QED) is 0.795.